The van der Waals surface area contributed by atoms with Crippen LogP contribution in [0.25, 0.3) is 10.2 Å². The lowest BCUT2D eigenvalue weighted by molar-refractivity contribution is 0.174. The average Bonchev–Trinajstić information content (AvgIpc) is 3.34. The molecule has 28 heavy (non-hydrogen) atoms. The largest absolute Gasteiger partial charge is 0.454 e. The summed E-state index contributed by atoms with van der Waals surface area (Å²) in [6.07, 6.45) is 0. The number of hydrogen-bond donors (Lipinski definition) is 1. The van der Waals surface area contributed by atoms with Gasteiger partial charge in [-0.2, -0.15) is 0 Å². The Hall–Kier alpha value is -2.71. The van der Waals surface area contributed by atoms with Crippen LogP contribution in [0.3, 0.4) is 0 Å². The second-order valence-corrected chi connectivity index (χ2v) is 8.03. The van der Waals surface area contributed by atoms with Gasteiger partial charge in [0.25, 0.3) is 0 Å². The summed E-state index contributed by atoms with van der Waals surface area (Å²) >= 11 is 7.69. The third-order valence-corrected chi connectivity index (χ3v) is 6.11. The van der Waals surface area contributed by atoms with Gasteiger partial charge in [-0.05, 0) is 30.3 Å². The summed E-state index contributed by atoms with van der Waals surface area (Å²) in [4.78, 5) is 21.3. The van der Waals surface area contributed by atoms with Crippen molar-refractivity contribution >= 4 is 50.0 Å². The molecule has 144 valence electrons. The summed E-state index contributed by atoms with van der Waals surface area (Å²) in [7, 11) is 0. The number of anilines is 2. The van der Waals surface area contributed by atoms with E-state index in [1.165, 1.54) is 0 Å². The lowest BCUT2D eigenvalue weighted by Crippen LogP contribution is -2.50. The molecule has 1 N–H and O–H groups in total. The fraction of sp³-hybridized carbons (Fsp3) is 0.263. The predicted octanol–water partition coefficient (Wildman–Crippen LogP) is 4.03. The van der Waals surface area contributed by atoms with Crippen molar-refractivity contribution in [2.24, 2.45) is 0 Å². The SMILES string of the molecule is O=C(Nc1ccc2c(c1)OCO2)N1CCN(c2nc3ccc(Cl)cc3s2)CC1. The number of amides is 2. The molecule has 3 aromatic rings. The molecule has 0 unspecified atom stereocenters. The van der Waals surface area contributed by atoms with Gasteiger partial charge >= 0.3 is 6.03 Å². The van der Waals surface area contributed by atoms with E-state index in [0.717, 1.165) is 28.4 Å². The van der Waals surface area contributed by atoms with Gasteiger partial charge in [0.1, 0.15) is 0 Å². The van der Waals surface area contributed by atoms with Crippen molar-refractivity contribution in [2.45, 2.75) is 0 Å². The number of benzene rings is 2. The Morgan fingerprint density at radius 3 is 2.75 bits per heavy atom. The maximum absolute atomic E-state index is 12.6. The number of carbonyl (C=O) groups excluding carboxylic acids is 1. The zero-order valence-corrected chi connectivity index (χ0v) is 16.4. The van der Waals surface area contributed by atoms with E-state index in [-0.39, 0.29) is 12.8 Å². The van der Waals surface area contributed by atoms with Crippen molar-refractivity contribution < 1.29 is 14.3 Å². The zero-order chi connectivity index (χ0) is 19.1. The summed E-state index contributed by atoms with van der Waals surface area (Å²) in [6, 6.07) is 11.0. The van der Waals surface area contributed by atoms with Crippen molar-refractivity contribution in [1.82, 2.24) is 9.88 Å². The second-order valence-electron chi connectivity index (χ2n) is 6.58. The minimum atomic E-state index is -0.116. The van der Waals surface area contributed by atoms with Crippen LogP contribution < -0.4 is 19.7 Å². The van der Waals surface area contributed by atoms with Gasteiger partial charge in [-0.1, -0.05) is 22.9 Å². The van der Waals surface area contributed by atoms with Crippen LogP contribution in [-0.4, -0.2) is 48.9 Å². The van der Waals surface area contributed by atoms with Gasteiger partial charge in [-0.25, -0.2) is 9.78 Å². The third-order valence-electron chi connectivity index (χ3n) is 4.80. The van der Waals surface area contributed by atoms with E-state index < -0.39 is 0 Å². The molecule has 0 radical (unpaired) electrons. The van der Waals surface area contributed by atoms with Gasteiger partial charge in [0, 0.05) is 43.0 Å². The third kappa shape index (κ3) is 3.29. The standard InChI is InChI=1S/C19H17ClN4O3S/c20-12-1-3-14-17(9-12)28-19(22-14)24-7-5-23(6-8-24)18(25)21-13-2-4-15-16(10-13)27-11-26-15/h1-4,9-10H,5-8,11H2,(H,21,25). The highest BCUT2D eigenvalue weighted by Crippen LogP contribution is 2.34. The van der Waals surface area contributed by atoms with Crippen LogP contribution in [0.2, 0.25) is 5.02 Å². The monoisotopic (exact) mass is 416 g/mol. The fourth-order valence-corrected chi connectivity index (χ4v) is 4.59. The van der Waals surface area contributed by atoms with Crippen molar-refractivity contribution in [3.05, 3.63) is 41.4 Å². The minimum absolute atomic E-state index is 0.116. The lowest BCUT2D eigenvalue weighted by atomic mass is 10.3. The van der Waals surface area contributed by atoms with Crippen LogP contribution in [0.1, 0.15) is 0 Å². The van der Waals surface area contributed by atoms with Crippen molar-refractivity contribution in [3.8, 4) is 11.5 Å². The van der Waals surface area contributed by atoms with Crippen LogP contribution in [0.15, 0.2) is 36.4 Å². The molecule has 5 rings (SSSR count). The number of urea groups is 1. The number of halogens is 1. The molecule has 9 heteroatoms. The normalized spacial score (nSPS) is 15.9. The zero-order valence-electron chi connectivity index (χ0n) is 14.9. The van der Waals surface area contributed by atoms with Crippen molar-refractivity contribution in [2.75, 3.05) is 43.2 Å². The first-order chi connectivity index (χ1) is 13.7. The number of ether oxygens (including phenoxy) is 2. The molecule has 1 aromatic heterocycles. The molecule has 0 spiro atoms. The van der Waals surface area contributed by atoms with E-state index in [9.17, 15) is 4.79 Å². The van der Waals surface area contributed by atoms with E-state index >= 15 is 0 Å². The summed E-state index contributed by atoms with van der Waals surface area (Å²) < 4.78 is 11.7. The maximum atomic E-state index is 12.6. The fourth-order valence-electron chi connectivity index (χ4n) is 3.30. The van der Waals surface area contributed by atoms with Gasteiger partial charge in [0.15, 0.2) is 16.6 Å². The molecular formula is C19H17ClN4O3S. The number of aromatic nitrogens is 1. The Balaban J connectivity index is 1.22. The van der Waals surface area contributed by atoms with Crippen molar-refractivity contribution in [1.29, 1.82) is 0 Å². The summed E-state index contributed by atoms with van der Waals surface area (Å²) in [6.45, 7) is 2.96. The molecule has 7 nitrogen and oxygen atoms in total. The number of piperazine rings is 1. The molecule has 0 aliphatic carbocycles. The number of thiazole rings is 1. The van der Waals surface area contributed by atoms with Crippen LogP contribution >= 0.6 is 22.9 Å². The number of rotatable bonds is 2. The topological polar surface area (TPSA) is 66.9 Å². The molecule has 3 heterocycles. The van der Waals surface area contributed by atoms with Gasteiger partial charge in [0.2, 0.25) is 6.79 Å². The molecule has 1 saturated heterocycles. The van der Waals surface area contributed by atoms with Gasteiger partial charge in [-0.15, -0.1) is 0 Å². The smallest absolute Gasteiger partial charge is 0.321 e. The van der Waals surface area contributed by atoms with Gasteiger partial charge < -0.3 is 24.6 Å². The summed E-state index contributed by atoms with van der Waals surface area (Å²) in [5.41, 5.74) is 1.65. The Kier molecular flexibility index (Phi) is 4.37. The highest BCUT2D eigenvalue weighted by molar-refractivity contribution is 7.22. The van der Waals surface area contributed by atoms with Gasteiger partial charge in [-0.3, -0.25) is 0 Å². The van der Waals surface area contributed by atoms with E-state index in [4.69, 9.17) is 21.1 Å². The van der Waals surface area contributed by atoms with Crippen LogP contribution in [0.4, 0.5) is 15.6 Å². The number of hydrogen-bond acceptors (Lipinski definition) is 6. The second kappa shape index (κ2) is 7.03. The number of fused-ring (bicyclic) bond motifs is 2. The molecule has 2 aliphatic heterocycles. The Bertz CT molecular complexity index is 1050. The Morgan fingerprint density at radius 2 is 1.89 bits per heavy atom. The first-order valence-corrected chi connectivity index (χ1v) is 10.1. The molecule has 1 fully saturated rings. The van der Waals surface area contributed by atoms with Crippen molar-refractivity contribution in [3.63, 3.8) is 0 Å². The number of nitrogens with zero attached hydrogens (tertiary/aromatic N) is 3. The molecule has 0 saturated carbocycles. The molecule has 2 aromatic carbocycles. The molecule has 2 amide bonds. The van der Waals surface area contributed by atoms with E-state index in [2.05, 4.69) is 15.2 Å². The minimum Gasteiger partial charge on any atom is -0.454 e. The van der Waals surface area contributed by atoms with Crippen LogP contribution in [0.5, 0.6) is 11.5 Å². The highest BCUT2D eigenvalue weighted by atomic mass is 35.5. The Morgan fingerprint density at radius 1 is 1.07 bits per heavy atom. The van der Waals surface area contributed by atoms with Crippen LogP contribution in [0, 0.1) is 0 Å². The molecule has 0 bridgehead atoms. The summed E-state index contributed by atoms with van der Waals surface area (Å²) in [5.74, 6) is 1.35. The van der Waals surface area contributed by atoms with E-state index in [1.807, 2.05) is 29.2 Å². The van der Waals surface area contributed by atoms with E-state index in [1.54, 1.807) is 23.5 Å². The number of carbonyl (C=O) groups is 1. The molecular weight excluding hydrogens is 400 g/mol. The molecule has 0 atom stereocenters. The first kappa shape index (κ1) is 17.4. The summed E-state index contributed by atoms with van der Waals surface area (Å²) in [5, 5.41) is 4.61. The maximum Gasteiger partial charge on any atom is 0.321 e. The quantitative estimate of drug-likeness (QED) is 0.683. The average molecular weight is 417 g/mol. The predicted molar refractivity (Wildman–Crippen MR) is 110 cm³/mol. The van der Waals surface area contributed by atoms with Crippen LogP contribution in [-0.2, 0) is 0 Å². The molecule has 2 aliphatic rings. The highest BCUT2D eigenvalue weighted by Gasteiger charge is 2.24. The Labute approximate surface area is 170 Å². The number of nitrogens with one attached hydrogen (secondary N) is 1. The van der Waals surface area contributed by atoms with E-state index in [0.29, 0.717) is 35.3 Å². The van der Waals surface area contributed by atoms with Gasteiger partial charge in [0.05, 0.1) is 10.2 Å². The first-order valence-electron chi connectivity index (χ1n) is 8.92. The lowest BCUT2D eigenvalue weighted by Gasteiger charge is -2.34.